The zero-order valence-electron chi connectivity index (χ0n) is 7.57. The van der Waals surface area contributed by atoms with Crippen molar-refractivity contribution in [3.63, 3.8) is 0 Å². The number of carbonyl (C=O) groups is 2. The molecule has 0 amide bonds. The maximum Gasteiger partial charge on any atom is 0.385 e. The third-order valence-electron chi connectivity index (χ3n) is 1.16. The van der Waals surface area contributed by atoms with Crippen molar-refractivity contribution in [2.75, 3.05) is 5.75 Å². The Kier molecular flexibility index (Phi) is 4.28. The van der Waals surface area contributed by atoms with Gasteiger partial charge in [-0.05, 0) is 0 Å². The first kappa shape index (κ1) is 13.9. The van der Waals surface area contributed by atoms with Crippen LogP contribution in [0.5, 0.6) is 0 Å². The van der Waals surface area contributed by atoms with Gasteiger partial charge in [0.25, 0.3) is 10.1 Å². The predicted molar refractivity (Wildman–Crippen MR) is 42.8 cm³/mol. The molecule has 0 aromatic rings. The van der Waals surface area contributed by atoms with E-state index in [9.17, 15) is 26.8 Å². The fraction of sp³-hybridized carbons (Fsp3) is 0.667. The summed E-state index contributed by atoms with van der Waals surface area (Å²) in [5.74, 6) is -10.1. The fourth-order valence-electron chi connectivity index (χ4n) is 0.538. The summed E-state index contributed by atoms with van der Waals surface area (Å²) >= 11 is 0. The number of alkyl halides is 2. The highest BCUT2D eigenvalue weighted by atomic mass is 32.2. The van der Waals surface area contributed by atoms with Gasteiger partial charge in [0.2, 0.25) is 0 Å². The van der Waals surface area contributed by atoms with Crippen molar-refractivity contribution in [2.24, 2.45) is 0 Å². The second kappa shape index (κ2) is 4.62. The molecule has 0 bridgehead atoms. The monoisotopic (exact) mass is 246 g/mol. The Morgan fingerprint density at radius 3 is 2.20 bits per heavy atom. The van der Waals surface area contributed by atoms with Crippen molar-refractivity contribution in [1.29, 1.82) is 0 Å². The van der Waals surface area contributed by atoms with Crippen LogP contribution in [0.1, 0.15) is 13.3 Å². The van der Waals surface area contributed by atoms with Crippen LogP contribution in [0, 0.1) is 0 Å². The Hall–Kier alpha value is -1.09. The highest BCUT2D eigenvalue weighted by Gasteiger charge is 2.45. The van der Waals surface area contributed by atoms with Gasteiger partial charge in [-0.2, -0.15) is 17.2 Å². The zero-order valence-corrected chi connectivity index (χ0v) is 8.38. The summed E-state index contributed by atoms with van der Waals surface area (Å²) in [7, 11) is -5.03. The van der Waals surface area contributed by atoms with Gasteiger partial charge >= 0.3 is 17.9 Å². The van der Waals surface area contributed by atoms with E-state index in [1.54, 1.807) is 0 Å². The van der Waals surface area contributed by atoms with Crippen molar-refractivity contribution in [2.45, 2.75) is 19.3 Å². The molecule has 9 heteroatoms. The lowest BCUT2D eigenvalue weighted by atomic mass is 10.4. The Morgan fingerprint density at radius 2 is 1.87 bits per heavy atom. The van der Waals surface area contributed by atoms with Crippen LogP contribution < -0.4 is 0 Å². The molecule has 0 spiro atoms. The van der Waals surface area contributed by atoms with Crippen LogP contribution in [0.4, 0.5) is 8.78 Å². The van der Waals surface area contributed by atoms with Gasteiger partial charge < -0.3 is 4.74 Å². The largest absolute Gasteiger partial charge is 0.389 e. The Morgan fingerprint density at radius 1 is 1.40 bits per heavy atom. The number of hydrogen-bond acceptors (Lipinski definition) is 5. The minimum atomic E-state index is -5.03. The lowest BCUT2D eigenvalue weighted by Gasteiger charge is -2.11. The molecule has 15 heavy (non-hydrogen) atoms. The average molecular weight is 246 g/mol. The van der Waals surface area contributed by atoms with Gasteiger partial charge in [-0.15, -0.1) is 0 Å². The second-order valence-electron chi connectivity index (χ2n) is 2.55. The number of ether oxygens (including phenoxy) is 1. The third-order valence-corrected chi connectivity index (χ3v) is 1.88. The minimum absolute atomic E-state index is 0.312. The molecule has 0 aliphatic rings. The molecule has 1 N–H and O–H groups in total. The van der Waals surface area contributed by atoms with Crippen LogP contribution in [0.15, 0.2) is 0 Å². The SMILES string of the molecule is CCC(=O)OC(=O)C(F)(F)CS(=O)(=O)O. The van der Waals surface area contributed by atoms with Gasteiger partial charge in [-0.25, -0.2) is 4.79 Å². The van der Waals surface area contributed by atoms with Crippen molar-refractivity contribution in [1.82, 2.24) is 0 Å². The van der Waals surface area contributed by atoms with E-state index < -0.39 is 33.7 Å². The van der Waals surface area contributed by atoms with Crippen LogP contribution in [0.3, 0.4) is 0 Å². The van der Waals surface area contributed by atoms with Gasteiger partial charge in [0.15, 0.2) is 5.75 Å². The summed E-state index contributed by atoms with van der Waals surface area (Å²) in [5, 5.41) is 0. The van der Waals surface area contributed by atoms with E-state index in [2.05, 4.69) is 4.74 Å². The lowest BCUT2D eigenvalue weighted by Crippen LogP contribution is -2.38. The number of halogens is 2. The zero-order chi connectivity index (χ0) is 12.3. The van der Waals surface area contributed by atoms with Crippen molar-refractivity contribution < 1.29 is 36.1 Å². The summed E-state index contributed by atoms with van der Waals surface area (Å²) in [6.07, 6.45) is -0.312. The fourth-order valence-corrected chi connectivity index (χ4v) is 1.11. The summed E-state index contributed by atoms with van der Waals surface area (Å²) in [5.41, 5.74) is 0. The molecule has 0 aromatic carbocycles. The molecule has 0 saturated carbocycles. The molecular weight excluding hydrogens is 238 g/mol. The highest BCUT2D eigenvalue weighted by Crippen LogP contribution is 2.18. The number of carbonyl (C=O) groups excluding carboxylic acids is 2. The highest BCUT2D eigenvalue weighted by molar-refractivity contribution is 7.85. The molecular formula is C6H8F2O6S. The van der Waals surface area contributed by atoms with Crippen LogP contribution >= 0.6 is 0 Å². The molecule has 0 radical (unpaired) electrons. The van der Waals surface area contributed by atoms with E-state index in [0.717, 1.165) is 0 Å². The van der Waals surface area contributed by atoms with Crippen LogP contribution in [-0.2, 0) is 24.4 Å². The average Bonchev–Trinajstić information content (AvgIpc) is 1.99. The first-order valence-electron chi connectivity index (χ1n) is 3.66. The standard InChI is InChI=1S/C6H8F2O6S/c1-2-4(9)14-5(10)6(7,8)3-15(11,12)13/h2-3H2,1H3,(H,11,12,13). The summed E-state index contributed by atoms with van der Waals surface area (Å²) in [6.45, 7) is 1.26. The summed E-state index contributed by atoms with van der Waals surface area (Å²) < 4.78 is 57.2. The number of rotatable bonds is 4. The van der Waals surface area contributed by atoms with Crippen molar-refractivity contribution in [3.05, 3.63) is 0 Å². The Balaban J connectivity index is 4.60. The molecule has 0 heterocycles. The van der Waals surface area contributed by atoms with E-state index in [0.29, 0.717) is 0 Å². The molecule has 88 valence electrons. The molecule has 0 atom stereocenters. The second-order valence-corrected chi connectivity index (χ2v) is 4.00. The van der Waals surface area contributed by atoms with Crippen LogP contribution in [0.25, 0.3) is 0 Å². The number of hydrogen-bond donors (Lipinski definition) is 1. The Bertz CT molecular complexity index is 360. The van der Waals surface area contributed by atoms with Gasteiger partial charge in [-0.3, -0.25) is 9.35 Å². The molecule has 0 unspecified atom stereocenters. The van der Waals surface area contributed by atoms with Crippen LogP contribution in [0.2, 0.25) is 0 Å². The quantitative estimate of drug-likeness (QED) is 0.425. The van der Waals surface area contributed by atoms with Gasteiger partial charge in [-0.1, -0.05) is 6.92 Å². The van der Waals surface area contributed by atoms with Gasteiger partial charge in [0, 0.05) is 6.42 Å². The first-order chi connectivity index (χ1) is 6.58. The summed E-state index contributed by atoms with van der Waals surface area (Å²) in [6, 6.07) is 0. The molecule has 0 fully saturated rings. The predicted octanol–water partition coefficient (Wildman–Crippen LogP) is -0.0107. The Labute approximate surface area is 84.0 Å². The van der Waals surface area contributed by atoms with E-state index in [1.165, 1.54) is 6.92 Å². The van der Waals surface area contributed by atoms with E-state index in [-0.39, 0.29) is 6.42 Å². The van der Waals surface area contributed by atoms with Crippen molar-refractivity contribution >= 4 is 22.1 Å². The topological polar surface area (TPSA) is 97.7 Å². The smallest absolute Gasteiger partial charge is 0.385 e. The molecule has 0 rings (SSSR count). The van der Waals surface area contributed by atoms with Crippen LogP contribution in [-0.4, -0.2) is 36.6 Å². The van der Waals surface area contributed by atoms with E-state index in [4.69, 9.17) is 4.55 Å². The number of esters is 2. The maximum absolute atomic E-state index is 12.6. The van der Waals surface area contributed by atoms with Crippen molar-refractivity contribution in [3.8, 4) is 0 Å². The molecule has 0 saturated heterocycles. The third kappa shape index (κ3) is 5.37. The maximum atomic E-state index is 12.6. The molecule has 0 aliphatic carbocycles. The first-order valence-corrected chi connectivity index (χ1v) is 5.27. The summed E-state index contributed by atoms with van der Waals surface area (Å²) in [4.78, 5) is 21.0. The lowest BCUT2D eigenvalue weighted by molar-refractivity contribution is -0.176. The van der Waals surface area contributed by atoms with Gasteiger partial charge in [0.05, 0.1) is 0 Å². The van der Waals surface area contributed by atoms with E-state index >= 15 is 0 Å². The normalized spacial score (nSPS) is 12.3. The molecule has 6 nitrogen and oxygen atoms in total. The van der Waals surface area contributed by atoms with Gasteiger partial charge in [0.1, 0.15) is 0 Å². The molecule has 0 aliphatic heterocycles. The van der Waals surface area contributed by atoms with E-state index in [1.807, 2.05) is 0 Å². The molecule has 0 aromatic heterocycles. The minimum Gasteiger partial charge on any atom is -0.389 e.